The van der Waals surface area contributed by atoms with Crippen LogP contribution in [0, 0.1) is 13.8 Å². The van der Waals surface area contributed by atoms with Gasteiger partial charge in [0.25, 0.3) is 0 Å². The first kappa shape index (κ1) is 18.1. The summed E-state index contributed by atoms with van der Waals surface area (Å²) in [4.78, 5) is 7.93. The maximum absolute atomic E-state index is 4.59. The molecule has 5 rings (SSSR count). The number of hydrogen-bond acceptors (Lipinski definition) is 5. The van der Waals surface area contributed by atoms with E-state index in [1.807, 2.05) is 25.3 Å². The van der Waals surface area contributed by atoms with Crippen LogP contribution in [0.2, 0.25) is 0 Å². The zero-order valence-corrected chi connectivity index (χ0v) is 17.7. The number of aromatic nitrogens is 5. The van der Waals surface area contributed by atoms with Crippen LogP contribution in [0.4, 0.5) is 0 Å². The highest BCUT2D eigenvalue weighted by Crippen LogP contribution is 2.33. The summed E-state index contributed by atoms with van der Waals surface area (Å²) in [6.07, 6.45) is 2.01. The minimum Gasteiger partial charge on any atom is -0.360 e. The van der Waals surface area contributed by atoms with Crippen molar-refractivity contribution in [3.05, 3.63) is 76.4 Å². The number of thioether (sulfide) groups is 1. The third-order valence-corrected chi connectivity index (χ3v) is 6.52. The van der Waals surface area contributed by atoms with Gasteiger partial charge >= 0.3 is 0 Å². The second-order valence-electron chi connectivity index (χ2n) is 6.88. The number of thiazole rings is 1. The lowest BCUT2D eigenvalue weighted by molar-refractivity contribution is 0.884. The van der Waals surface area contributed by atoms with Crippen molar-refractivity contribution in [2.24, 2.45) is 0 Å². The number of H-pyrrole nitrogens is 1. The molecule has 0 saturated carbocycles. The van der Waals surface area contributed by atoms with Gasteiger partial charge in [0.1, 0.15) is 0 Å². The van der Waals surface area contributed by atoms with Crippen molar-refractivity contribution in [3.63, 3.8) is 0 Å². The summed E-state index contributed by atoms with van der Waals surface area (Å²) in [6.45, 7) is 4.13. The zero-order chi connectivity index (χ0) is 19.8. The van der Waals surface area contributed by atoms with Crippen molar-refractivity contribution in [2.75, 3.05) is 0 Å². The first-order valence-corrected chi connectivity index (χ1v) is 11.2. The van der Waals surface area contributed by atoms with E-state index in [0.29, 0.717) is 0 Å². The molecule has 5 nitrogen and oxygen atoms in total. The summed E-state index contributed by atoms with van der Waals surface area (Å²) < 4.78 is 2.15. The fourth-order valence-electron chi connectivity index (χ4n) is 3.41. The van der Waals surface area contributed by atoms with Gasteiger partial charge < -0.3 is 4.98 Å². The maximum atomic E-state index is 4.59. The quantitative estimate of drug-likeness (QED) is 0.368. The maximum Gasteiger partial charge on any atom is 0.196 e. The van der Waals surface area contributed by atoms with E-state index in [-0.39, 0.29) is 0 Å². The Bertz CT molecular complexity index is 1300. The number of nitrogens with zero attached hydrogens (tertiary/aromatic N) is 4. The van der Waals surface area contributed by atoms with Gasteiger partial charge in [-0.05, 0) is 37.6 Å². The van der Waals surface area contributed by atoms with Crippen LogP contribution in [0.25, 0.3) is 28.0 Å². The van der Waals surface area contributed by atoms with E-state index < -0.39 is 0 Å². The highest BCUT2D eigenvalue weighted by molar-refractivity contribution is 7.98. The summed E-state index contributed by atoms with van der Waals surface area (Å²) in [5, 5.41) is 14.3. The molecular formula is C22H19N5S2. The fourth-order valence-corrected chi connectivity index (χ4v) is 4.97. The van der Waals surface area contributed by atoms with E-state index in [9.17, 15) is 0 Å². The minimum atomic E-state index is 0.766. The molecule has 7 heteroatoms. The van der Waals surface area contributed by atoms with Crippen LogP contribution in [-0.4, -0.2) is 24.7 Å². The number of benzene rings is 2. The molecule has 0 fully saturated rings. The standard InChI is InChI=1S/C22H19N5S2/c1-14-6-5-7-17(10-14)27-21(19-11-23-20-9-4-3-8-18(19)20)25-26-22(27)29-13-16-12-28-15(2)24-16/h3-12,23H,13H2,1-2H3. The van der Waals surface area contributed by atoms with Crippen LogP contribution < -0.4 is 0 Å². The van der Waals surface area contributed by atoms with E-state index in [4.69, 9.17) is 0 Å². The van der Waals surface area contributed by atoms with Gasteiger partial charge in [0, 0.05) is 39.5 Å². The summed E-state index contributed by atoms with van der Waals surface area (Å²) in [6, 6.07) is 16.7. The second kappa shape index (κ2) is 7.50. The Morgan fingerprint density at radius 1 is 1.07 bits per heavy atom. The molecule has 0 aliphatic heterocycles. The number of nitrogens with one attached hydrogen (secondary N) is 1. The SMILES string of the molecule is Cc1cccc(-n2c(SCc3csc(C)n3)nnc2-c2c[nH]c3ccccc23)c1. The Kier molecular flexibility index (Phi) is 4.69. The van der Waals surface area contributed by atoms with Gasteiger partial charge in [-0.2, -0.15) is 0 Å². The summed E-state index contributed by atoms with van der Waals surface area (Å²) >= 11 is 3.34. The lowest BCUT2D eigenvalue weighted by Crippen LogP contribution is -2.00. The molecule has 3 heterocycles. The molecule has 0 atom stereocenters. The molecule has 0 amide bonds. The van der Waals surface area contributed by atoms with Crippen molar-refractivity contribution < 1.29 is 0 Å². The largest absolute Gasteiger partial charge is 0.360 e. The molecule has 0 aliphatic rings. The monoisotopic (exact) mass is 417 g/mol. The lowest BCUT2D eigenvalue weighted by atomic mass is 10.1. The third kappa shape index (κ3) is 3.47. The molecule has 0 aliphatic carbocycles. The highest BCUT2D eigenvalue weighted by Gasteiger charge is 2.19. The second-order valence-corrected chi connectivity index (χ2v) is 8.88. The molecule has 5 aromatic rings. The number of rotatable bonds is 5. The van der Waals surface area contributed by atoms with Crippen LogP contribution in [0.15, 0.2) is 65.3 Å². The molecule has 0 saturated heterocycles. The average Bonchev–Trinajstić information content (AvgIpc) is 3.43. The Morgan fingerprint density at radius 3 is 2.79 bits per heavy atom. The van der Waals surface area contributed by atoms with E-state index in [2.05, 4.69) is 73.4 Å². The highest BCUT2D eigenvalue weighted by atomic mass is 32.2. The van der Waals surface area contributed by atoms with Gasteiger partial charge in [0.05, 0.1) is 10.7 Å². The Morgan fingerprint density at radius 2 is 1.97 bits per heavy atom. The first-order valence-electron chi connectivity index (χ1n) is 9.32. The summed E-state index contributed by atoms with van der Waals surface area (Å²) in [5.41, 5.74) is 5.48. The Labute approximate surface area is 176 Å². The van der Waals surface area contributed by atoms with Crippen LogP contribution in [0.5, 0.6) is 0 Å². The number of aromatic amines is 1. The smallest absolute Gasteiger partial charge is 0.196 e. The van der Waals surface area contributed by atoms with Crippen molar-refractivity contribution in [2.45, 2.75) is 24.8 Å². The molecule has 0 bridgehead atoms. The van der Waals surface area contributed by atoms with Crippen molar-refractivity contribution in [1.29, 1.82) is 0 Å². The van der Waals surface area contributed by atoms with Crippen LogP contribution >= 0.6 is 23.1 Å². The summed E-state index contributed by atoms with van der Waals surface area (Å²) in [7, 11) is 0. The van der Waals surface area contributed by atoms with Gasteiger partial charge in [-0.25, -0.2) is 4.98 Å². The zero-order valence-electron chi connectivity index (χ0n) is 16.1. The molecule has 3 aromatic heterocycles. The average molecular weight is 418 g/mol. The third-order valence-electron chi connectivity index (χ3n) is 4.74. The predicted molar refractivity (Wildman–Crippen MR) is 120 cm³/mol. The van der Waals surface area contributed by atoms with E-state index in [1.54, 1.807) is 23.1 Å². The lowest BCUT2D eigenvalue weighted by Gasteiger charge is -2.10. The van der Waals surface area contributed by atoms with Crippen molar-refractivity contribution >= 4 is 34.0 Å². The van der Waals surface area contributed by atoms with Crippen LogP contribution in [0.3, 0.4) is 0 Å². The minimum absolute atomic E-state index is 0.766. The van der Waals surface area contributed by atoms with E-state index >= 15 is 0 Å². The summed E-state index contributed by atoms with van der Waals surface area (Å²) in [5.74, 6) is 1.60. The first-order chi connectivity index (χ1) is 14.2. The van der Waals surface area contributed by atoms with Crippen molar-refractivity contribution in [3.8, 4) is 17.1 Å². The number of para-hydroxylation sites is 1. The predicted octanol–water partition coefficient (Wildman–Crippen LogP) is 5.78. The van der Waals surface area contributed by atoms with E-state index in [0.717, 1.165) is 49.6 Å². The molecular weight excluding hydrogens is 398 g/mol. The Hall–Kier alpha value is -2.90. The van der Waals surface area contributed by atoms with Gasteiger partial charge in [-0.1, -0.05) is 42.1 Å². The van der Waals surface area contributed by atoms with Gasteiger partial charge in [-0.3, -0.25) is 4.57 Å². The Balaban J connectivity index is 1.62. The molecule has 0 spiro atoms. The number of hydrogen-bond donors (Lipinski definition) is 1. The van der Waals surface area contributed by atoms with E-state index in [1.165, 1.54) is 5.56 Å². The van der Waals surface area contributed by atoms with Crippen LogP contribution in [0.1, 0.15) is 16.3 Å². The molecule has 0 radical (unpaired) electrons. The fraction of sp³-hybridized carbons (Fsp3) is 0.136. The molecule has 2 aromatic carbocycles. The normalized spacial score (nSPS) is 11.4. The molecule has 1 N–H and O–H groups in total. The molecule has 29 heavy (non-hydrogen) atoms. The van der Waals surface area contributed by atoms with Crippen molar-refractivity contribution in [1.82, 2.24) is 24.7 Å². The molecule has 144 valence electrons. The van der Waals surface area contributed by atoms with Gasteiger partial charge in [0.2, 0.25) is 0 Å². The topological polar surface area (TPSA) is 59.4 Å². The van der Waals surface area contributed by atoms with Gasteiger partial charge in [-0.15, -0.1) is 21.5 Å². The van der Waals surface area contributed by atoms with Crippen LogP contribution in [-0.2, 0) is 5.75 Å². The number of fused-ring (bicyclic) bond motifs is 1. The van der Waals surface area contributed by atoms with Gasteiger partial charge in [0.15, 0.2) is 11.0 Å². The molecule has 0 unspecified atom stereocenters. The number of aryl methyl sites for hydroxylation is 2.